The van der Waals surface area contributed by atoms with Crippen molar-refractivity contribution in [1.82, 2.24) is 9.97 Å². The van der Waals surface area contributed by atoms with Crippen molar-refractivity contribution in [2.24, 2.45) is 0 Å². The van der Waals surface area contributed by atoms with Gasteiger partial charge in [-0.15, -0.1) is 0 Å². The summed E-state index contributed by atoms with van der Waals surface area (Å²) in [5, 5.41) is 9.95. The SMILES string of the molecule is Cc1ccc2[nH]c(-c3ccccc3)nc(O)c1-2. The van der Waals surface area contributed by atoms with Crippen LogP contribution in [0.3, 0.4) is 0 Å². The molecule has 84 valence electrons. The highest BCUT2D eigenvalue weighted by atomic mass is 16.3. The molecular formula is C14H12N2O. The lowest BCUT2D eigenvalue weighted by Crippen LogP contribution is -1.93. The largest absolute Gasteiger partial charge is 0.493 e. The Morgan fingerprint density at radius 2 is 1.82 bits per heavy atom. The minimum absolute atomic E-state index is 0.0834. The Hall–Kier alpha value is -2.29. The number of nitrogens with zero attached hydrogens (tertiary/aromatic N) is 1. The van der Waals surface area contributed by atoms with E-state index in [1.54, 1.807) is 0 Å². The number of rotatable bonds is 1. The lowest BCUT2D eigenvalue weighted by molar-refractivity contribution is 0.455. The van der Waals surface area contributed by atoms with Crippen molar-refractivity contribution in [2.45, 2.75) is 6.92 Å². The van der Waals surface area contributed by atoms with Gasteiger partial charge in [-0.2, -0.15) is 4.98 Å². The summed E-state index contributed by atoms with van der Waals surface area (Å²) in [6.45, 7) is 1.96. The Kier molecular flexibility index (Phi) is 2.11. The van der Waals surface area contributed by atoms with Crippen molar-refractivity contribution in [3.05, 3.63) is 48.0 Å². The van der Waals surface area contributed by atoms with Gasteiger partial charge < -0.3 is 10.1 Å². The number of aromatic amines is 1. The zero-order chi connectivity index (χ0) is 11.8. The second-order valence-electron chi connectivity index (χ2n) is 4.08. The minimum atomic E-state index is 0.0834. The Morgan fingerprint density at radius 1 is 1.06 bits per heavy atom. The van der Waals surface area contributed by atoms with Crippen LogP contribution in [-0.4, -0.2) is 15.1 Å². The van der Waals surface area contributed by atoms with Gasteiger partial charge in [-0.1, -0.05) is 36.4 Å². The van der Waals surface area contributed by atoms with Gasteiger partial charge in [0.25, 0.3) is 0 Å². The Bertz CT molecular complexity index is 628. The van der Waals surface area contributed by atoms with Crippen molar-refractivity contribution in [1.29, 1.82) is 0 Å². The Morgan fingerprint density at radius 3 is 2.59 bits per heavy atom. The Labute approximate surface area is 99.1 Å². The summed E-state index contributed by atoms with van der Waals surface area (Å²) >= 11 is 0. The molecule has 0 saturated heterocycles. The van der Waals surface area contributed by atoms with Crippen LogP contribution in [0.5, 0.6) is 5.88 Å². The molecule has 1 aromatic rings. The second-order valence-corrected chi connectivity index (χ2v) is 4.08. The summed E-state index contributed by atoms with van der Waals surface area (Å²) in [7, 11) is 0. The van der Waals surface area contributed by atoms with E-state index in [4.69, 9.17) is 0 Å². The van der Waals surface area contributed by atoms with E-state index in [9.17, 15) is 5.11 Å². The molecule has 0 unspecified atom stereocenters. The van der Waals surface area contributed by atoms with E-state index < -0.39 is 0 Å². The summed E-state index contributed by atoms with van der Waals surface area (Å²) in [6.07, 6.45) is 0. The van der Waals surface area contributed by atoms with E-state index in [0.717, 1.165) is 22.4 Å². The van der Waals surface area contributed by atoms with Crippen LogP contribution < -0.4 is 0 Å². The van der Waals surface area contributed by atoms with E-state index in [2.05, 4.69) is 9.97 Å². The summed E-state index contributed by atoms with van der Waals surface area (Å²) in [6, 6.07) is 13.7. The molecule has 0 fully saturated rings. The van der Waals surface area contributed by atoms with Crippen molar-refractivity contribution >= 4 is 0 Å². The molecule has 0 spiro atoms. The molecule has 0 bridgehead atoms. The zero-order valence-corrected chi connectivity index (χ0v) is 9.44. The maximum absolute atomic E-state index is 9.95. The van der Waals surface area contributed by atoms with Crippen LogP contribution in [-0.2, 0) is 0 Å². The average molecular weight is 224 g/mol. The first-order valence-electron chi connectivity index (χ1n) is 5.49. The third-order valence-electron chi connectivity index (χ3n) is 2.91. The maximum Gasteiger partial charge on any atom is 0.222 e. The number of aryl methyl sites for hydroxylation is 1. The standard InChI is InChI=1S/C14H12N2O/c1-9-7-8-11-12(9)14(17)16-13(15-11)10-5-3-2-4-6-10/h2-8,17H,1H3,(H,15,16). The number of hydrogen-bond donors (Lipinski definition) is 2. The zero-order valence-electron chi connectivity index (χ0n) is 9.44. The first kappa shape index (κ1) is 9.90. The van der Waals surface area contributed by atoms with Crippen molar-refractivity contribution in [3.8, 4) is 28.5 Å². The number of hydrogen-bond acceptors (Lipinski definition) is 2. The van der Waals surface area contributed by atoms with Crippen LogP contribution in [0.25, 0.3) is 22.6 Å². The normalized spacial score (nSPS) is 10.9. The number of H-pyrrole nitrogens is 1. The van der Waals surface area contributed by atoms with Crippen molar-refractivity contribution in [2.75, 3.05) is 0 Å². The van der Waals surface area contributed by atoms with Gasteiger partial charge in [-0.25, -0.2) is 0 Å². The van der Waals surface area contributed by atoms with Crippen LogP contribution in [0, 0.1) is 6.92 Å². The van der Waals surface area contributed by atoms with Gasteiger partial charge in [0.1, 0.15) is 5.82 Å². The third-order valence-corrected chi connectivity index (χ3v) is 2.91. The molecule has 1 aliphatic carbocycles. The predicted molar refractivity (Wildman–Crippen MR) is 67.0 cm³/mol. The average Bonchev–Trinajstić information content (AvgIpc) is 2.73. The molecule has 2 aliphatic rings. The highest BCUT2D eigenvalue weighted by molar-refractivity contribution is 5.74. The van der Waals surface area contributed by atoms with Crippen LogP contribution in [0.1, 0.15) is 5.56 Å². The fourth-order valence-corrected chi connectivity index (χ4v) is 2.04. The lowest BCUT2D eigenvalue weighted by Gasteiger charge is -2.08. The first-order valence-corrected chi connectivity index (χ1v) is 5.49. The molecular weight excluding hydrogens is 212 g/mol. The van der Waals surface area contributed by atoms with Gasteiger partial charge in [-0.05, 0) is 18.6 Å². The molecule has 0 amide bonds. The molecule has 1 aromatic carbocycles. The molecule has 17 heavy (non-hydrogen) atoms. The topological polar surface area (TPSA) is 48.9 Å². The van der Waals surface area contributed by atoms with E-state index in [-0.39, 0.29) is 5.88 Å². The molecule has 0 atom stereocenters. The van der Waals surface area contributed by atoms with Gasteiger partial charge in [0.2, 0.25) is 5.88 Å². The fourth-order valence-electron chi connectivity index (χ4n) is 2.04. The quantitative estimate of drug-likeness (QED) is 0.666. The second kappa shape index (κ2) is 3.63. The molecule has 2 N–H and O–H groups in total. The number of aromatic hydroxyl groups is 1. The van der Waals surface area contributed by atoms with E-state index in [0.29, 0.717) is 5.82 Å². The molecule has 1 heterocycles. The van der Waals surface area contributed by atoms with Gasteiger partial charge in [-0.3, -0.25) is 0 Å². The molecule has 0 aromatic heterocycles. The smallest absolute Gasteiger partial charge is 0.222 e. The number of aromatic nitrogens is 2. The van der Waals surface area contributed by atoms with E-state index in [1.165, 1.54) is 0 Å². The molecule has 1 aliphatic heterocycles. The van der Waals surface area contributed by atoms with Crippen LogP contribution >= 0.6 is 0 Å². The monoisotopic (exact) mass is 224 g/mol. The molecule has 0 saturated carbocycles. The number of benzene rings is 1. The van der Waals surface area contributed by atoms with Gasteiger partial charge in [0.15, 0.2) is 0 Å². The predicted octanol–water partition coefficient (Wildman–Crippen LogP) is 3.20. The molecule has 3 heteroatoms. The Balaban J connectivity index is 2.24. The third kappa shape index (κ3) is 1.56. The van der Waals surface area contributed by atoms with Crippen molar-refractivity contribution in [3.63, 3.8) is 0 Å². The minimum Gasteiger partial charge on any atom is -0.493 e. The number of fused-ring (bicyclic) bond motifs is 1. The van der Waals surface area contributed by atoms with Crippen LogP contribution in [0.2, 0.25) is 0 Å². The van der Waals surface area contributed by atoms with E-state index >= 15 is 0 Å². The fraction of sp³-hybridized carbons (Fsp3) is 0.0714. The summed E-state index contributed by atoms with van der Waals surface area (Å²) in [5.74, 6) is 0.765. The maximum atomic E-state index is 9.95. The van der Waals surface area contributed by atoms with Crippen molar-refractivity contribution < 1.29 is 5.11 Å². The highest BCUT2D eigenvalue weighted by Gasteiger charge is 2.15. The van der Waals surface area contributed by atoms with Crippen LogP contribution in [0.4, 0.5) is 0 Å². The van der Waals surface area contributed by atoms with Gasteiger partial charge in [0.05, 0.1) is 11.3 Å². The van der Waals surface area contributed by atoms with Gasteiger partial charge in [0, 0.05) is 5.56 Å². The molecule has 3 nitrogen and oxygen atoms in total. The molecule has 3 rings (SSSR count). The first-order chi connectivity index (χ1) is 8.25. The molecule has 0 radical (unpaired) electrons. The highest BCUT2D eigenvalue weighted by Crippen LogP contribution is 2.34. The summed E-state index contributed by atoms with van der Waals surface area (Å²) in [5.41, 5.74) is 3.70. The van der Waals surface area contributed by atoms with Gasteiger partial charge >= 0.3 is 0 Å². The summed E-state index contributed by atoms with van der Waals surface area (Å²) in [4.78, 5) is 7.44. The van der Waals surface area contributed by atoms with Crippen LogP contribution in [0.15, 0.2) is 42.5 Å². The van der Waals surface area contributed by atoms with E-state index in [1.807, 2.05) is 49.4 Å². The number of nitrogens with one attached hydrogen (secondary N) is 1. The summed E-state index contributed by atoms with van der Waals surface area (Å²) < 4.78 is 0. The lowest BCUT2D eigenvalue weighted by atomic mass is 10.1.